The minimum Gasteiger partial charge on any atom is -0.396 e. The zero-order chi connectivity index (χ0) is 11.1. The lowest BCUT2D eigenvalue weighted by atomic mass is 10.2. The van der Waals surface area contributed by atoms with Gasteiger partial charge >= 0.3 is 0 Å². The summed E-state index contributed by atoms with van der Waals surface area (Å²) in [5, 5.41) is 11.3. The molecule has 2 N–H and O–H groups in total. The lowest BCUT2D eigenvalue weighted by Crippen LogP contribution is -2.24. The summed E-state index contributed by atoms with van der Waals surface area (Å²) in [5.74, 6) is 0.844. The van der Waals surface area contributed by atoms with Crippen molar-refractivity contribution in [3.8, 4) is 0 Å². The van der Waals surface area contributed by atoms with Crippen molar-refractivity contribution in [3.63, 3.8) is 0 Å². The molecule has 0 radical (unpaired) electrons. The molecule has 0 unspecified atom stereocenters. The third kappa shape index (κ3) is 4.12. The lowest BCUT2D eigenvalue weighted by Gasteiger charge is -2.04. The average molecular weight is 211 g/mol. The number of unbranched alkanes of at least 4 members (excludes halogenated alkanes) is 1. The van der Waals surface area contributed by atoms with Crippen LogP contribution in [0.3, 0.4) is 0 Å². The summed E-state index contributed by atoms with van der Waals surface area (Å²) in [6.07, 6.45) is 5.41. The second kappa shape index (κ2) is 6.19. The second-order valence-electron chi connectivity index (χ2n) is 3.41. The molecular formula is C10H17N3O2. The highest BCUT2D eigenvalue weighted by atomic mass is 16.2. The fourth-order valence-corrected chi connectivity index (χ4v) is 1.23. The van der Waals surface area contributed by atoms with Crippen LogP contribution in [0.1, 0.15) is 25.1 Å². The zero-order valence-electron chi connectivity index (χ0n) is 8.94. The van der Waals surface area contributed by atoms with Gasteiger partial charge < -0.3 is 15.0 Å². The maximum atomic E-state index is 11.3. The van der Waals surface area contributed by atoms with E-state index in [1.807, 2.05) is 17.8 Å². The number of hydrogen-bond donors (Lipinski definition) is 2. The van der Waals surface area contributed by atoms with Gasteiger partial charge in [0, 0.05) is 32.5 Å². The third-order valence-corrected chi connectivity index (χ3v) is 2.18. The molecule has 1 aromatic heterocycles. The van der Waals surface area contributed by atoms with E-state index in [1.165, 1.54) is 0 Å². The van der Waals surface area contributed by atoms with Crippen LogP contribution in [0.4, 0.5) is 0 Å². The van der Waals surface area contributed by atoms with Crippen LogP contribution in [-0.2, 0) is 18.4 Å². The number of aliphatic hydroxyl groups excluding tert-OH is 1. The number of aliphatic hydroxyl groups is 1. The molecule has 0 saturated heterocycles. The highest BCUT2D eigenvalue weighted by Gasteiger charge is 2.03. The van der Waals surface area contributed by atoms with Gasteiger partial charge in [0.1, 0.15) is 5.82 Å². The van der Waals surface area contributed by atoms with Crippen molar-refractivity contribution < 1.29 is 9.90 Å². The molecule has 0 aliphatic heterocycles. The maximum absolute atomic E-state index is 11.3. The Labute approximate surface area is 89.1 Å². The summed E-state index contributed by atoms with van der Waals surface area (Å²) in [6.45, 7) is 0.605. The van der Waals surface area contributed by atoms with E-state index < -0.39 is 0 Å². The van der Waals surface area contributed by atoms with Gasteiger partial charge in [-0.25, -0.2) is 4.98 Å². The first-order chi connectivity index (χ1) is 7.24. The van der Waals surface area contributed by atoms with Gasteiger partial charge in [-0.15, -0.1) is 0 Å². The van der Waals surface area contributed by atoms with E-state index in [1.54, 1.807) is 6.20 Å². The molecular weight excluding hydrogens is 194 g/mol. The van der Waals surface area contributed by atoms with Crippen LogP contribution < -0.4 is 5.32 Å². The average Bonchev–Trinajstić information content (AvgIpc) is 2.61. The normalized spacial score (nSPS) is 10.3. The minimum absolute atomic E-state index is 0.00597. The van der Waals surface area contributed by atoms with Crippen molar-refractivity contribution in [2.24, 2.45) is 7.05 Å². The van der Waals surface area contributed by atoms with E-state index in [9.17, 15) is 4.79 Å². The number of hydrogen-bond acceptors (Lipinski definition) is 3. The minimum atomic E-state index is 0.00597. The van der Waals surface area contributed by atoms with Gasteiger partial charge in [-0.2, -0.15) is 0 Å². The molecule has 5 nitrogen and oxygen atoms in total. The van der Waals surface area contributed by atoms with Gasteiger partial charge in [-0.05, 0) is 12.8 Å². The number of amides is 1. The Morgan fingerprint density at radius 2 is 2.40 bits per heavy atom. The Morgan fingerprint density at radius 1 is 1.60 bits per heavy atom. The fourth-order valence-electron chi connectivity index (χ4n) is 1.23. The Balaban J connectivity index is 2.20. The van der Waals surface area contributed by atoms with Crippen LogP contribution in [0.15, 0.2) is 12.4 Å². The molecule has 0 atom stereocenters. The van der Waals surface area contributed by atoms with Crippen molar-refractivity contribution in [1.82, 2.24) is 14.9 Å². The highest BCUT2D eigenvalue weighted by Crippen LogP contribution is 1.96. The smallest absolute Gasteiger partial charge is 0.220 e. The van der Waals surface area contributed by atoms with E-state index >= 15 is 0 Å². The number of rotatable bonds is 6. The Hall–Kier alpha value is -1.36. The molecule has 5 heteroatoms. The van der Waals surface area contributed by atoms with Crippen molar-refractivity contribution in [2.45, 2.75) is 25.8 Å². The van der Waals surface area contributed by atoms with Gasteiger partial charge in [0.15, 0.2) is 0 Å². The quantitative estimate of drug-likeness (QED) is 0.660. The third-order valence-electron chi connectivity index (χ3n) is 2.18. The first kappa shape index (κ1) is 11.7. The summed E-state index contributed by atoms with van der Waals surface area (Å²) < 4.78 is 1.87. The van der Waals surface area contributed by atoms with Crippen molar-refractivity contribution >= 4 is 5.91 Å². The van der Waals surface area contributed by atoms with Crippen LogP contribution in [0, 0.1) is 0 Å². The number of carbonyl (C=O) groups excluding carboxylic acids is 1. The first-order valence-corrected chi connectivity index (χ1v) is 5.08. The van der Waals surface area contributed by atoms with Crippen molar-refractivity contribution in [1.29, 1.82) is 0 Å². The second-order valence-corrected chi connectivity index (χ2v) is 3.41. The summed E-state index contributed by atoms with van der Waals surface area (Å²) >= 11 is 0. The molecule has 0 saturated carbocycles. The monoisotopic (exact) mass is 211 g/mol. The molecule has 0 bridgehead atoms. The standard InChI is InChI=1S/C10H17N3O2/c1-13-6-5-11-9(13)8-12-10(15)4-2-3-7-14/h5-6,14H,2-4,7-8H2,1H3,(H,12,15). The molecule has 1 rings (SSSR count). The molecule has 0 aromatic carbocycles. The maximum Gasteiger partial charge on any atom is 0.220 e. The summed E-state index contributed by atoms with van der Waals surface area (Å²) in [6, 6.07) is 0. The van der Waals surface area contributed by atoms with Crippen LogP contribution in [-0.4, -0.2) is 27.2 Å². The molecule has 0 aliphatic carbocycles. The molecule has 1 amide bonds. The Kier molecular flexibility index (Phi) is 4.83. The van der Waals surface area contributed by atoms with Gasteiger partial charge in [0.05, 0.1) is 6.54 Å². The van der Waals surface area contributed by atoms with Gasteiger partial charge in [-0.3, -0.25) is 4.79 Å². The molecule has 0 spiro atoms. The number of aromatic nitrogens is 2. The molecule has 1 aromatic rings. The topological polar surface area (TPSA) is 67.2 Å². The summed E-state index contributed by atoms with van der Waals surface area (Å²) in [5.41, 5.74) is 0. The number of nitrogens with one attached hydrogen (secondary N) is 1. The van der Waals surface area contributed by atoms with Crippen molar-refractivity contribution in [3.05, 3.63) is 18.2 Å². The van der Waals surface area contributed by atoms with Crippen LogP contribution in [0.5, 0.6) is 0 Å². The van der Waals surface area contributed by atoms with E-state index in [0.29, 0.717) is 19.4 Å². The van der Waals surface area contributed by atoms with E-state index in [-0.39, 0.29) is 12.5 Å². The zero-order valence-corrected chi connectivity index (χ0v) is 8.94. The number of carbonyl (C=O) groups is 1. The highest BCUT2D eigenvalue weighted by molar-refractivity contribution is 5.75. The molecule has 1 heterocycles. The molecule has 15 heavy (non-hydrogen) atoms. The predicted molar refractivity (Wildman–Crippen MR) is 56.0 cm³/mol. The predicted octanol–water partition coefficient (Wildman–Crippen LogP) is 0.199. The SMILES string of the molecule is Cn1ccnc1CNC(=O)CCCCO. The number of aryl methyl sites for hydroxylation is 1. The largest absolute Gasteiger partial charge is 0.396 e. The van der Waals surface area contributed by atoms with Crippen LogP contribution in [0.25, 0.3) is 0 Å². The molecule has 84 valence electrons. The molecule has 0 fully saturated rings. The van der Waals surface area contributed by atoms with E-state index in [2.05, 4.69) is 10.3 Å². The first-order valence-electron chi connectivity index (χ1n) is 5.08. The summed E-state index contributed by atoms with van der Waals surface area (Å²) in [7, 11) is 1.89. The van der Waals surface area contributed by atoms with Gasteiger partial charge in [0.25, 0.3) is 0 Å². The lowest BCUT2D eigenvalue weighted by molar-refractivity contribution is -0.121. The Bertz CT molecular complexity index is 309. The number of nitrogens with zero attached hydrogens (tertiary/aromatic N) is 2. The summed E-state index contributed by atoms with van der Waals surface area (Å²) in [4.78, 5) is 15.4. The van der Waals surface area contributed by atoms with Crippen LogP contribution in [0.2, 0.25) is 0 Å². The number of imidazole rings is 1. The van der Waals surface area contributed by atoms with E-state index in [4.69, 9.17) is 5.11 Å². The van der Waals surface area contributed by atoms with Gasteiger partial charge in [0.2, 0.25) is 5.91 Å². The van der Waals surface area contributed by atoms with Crippen LogP contribution >= 0.6 is 0 Å². The van der Waals surface area contributed by atoms with Gasteiger partial charge in [-0.1, -0.05) is 0 Å². The Morgan fingerprint density at radius 3 is 3.00 bits per heavy atom. The fraction of sp³-hybridized carbons (Fsp3) is 0.600. The molecule has 0 aliphatic rings. The van der Waals surface area contributed by atoms with Crippen molar-refractivity contribution in [2.75, 3.05) is 6.61 Å². The van der Waals surface area contributed by atoms with E-state index in [0.717, 1.165) is 12.2 Å².